The molecular formula is C23H33NO5. The van der Waals surface area contributed by atoms with E-state index in [2.05, 4.69) is 18.8 Å². The summed E-state index contributed by atoms with van der Waals surface area (Å²) in [5, 5.41) is 0. The van der Waals surface area contributed by atoms with Crippen molar-refractivity contribution in [3.8, 4) is 0 Å². The van der Waals surface area contributed by atoms with Gasteiger partial charge in [0.2, 0.25) is 6.08 Å². The Morgan fingerprint density at radius 1 is 1.21 bits per heavy atom. The third kappa shape index (κ3) is 3.68. The van der Waals surface area contributed by atoms with E-state index in [-0.39, 0.29) is 28.5 Å². The van der Waals surface area contributed by atoms with Crippen LogP contribution in [0.2, 0.25) is 0 Å². The lowest BCUT2D eigenvalue weighted by molar-refractivity contribution is -0.152. The van der Waals surface area contributed by atoms with Crippen molar-refractivity contribution in [2.75, 3.05) is 20.8 Å². The molecule has 3 aliphatic rings. The van der Waals surface area contributed by atoms with Crippen molar-refractivity contribution in [3.05, 3.63) is 11.8 Å². The average molecular weight is 404 g/mol. The van der Waals surface area contributed by atoms with E-state index in [1.807, 2.05) is 0 Å². The first-order valence-electron chi connectivity index (χ1n) is 10.7. The first-order valence-corrected chi connectivity index (χ1v) is 10.7. The highest BCUT2D eigenvalue weighted by molar-refractivity contribution is 5.91. The number of allylic oxidation sites excluding steroid dienone is 2. The Morgan fingerprint density at radius 3 is 2.62 bits per heavy atom. The van der Waals surface area contributed by atoms with Crippen LogP contribution in [0.25, 0.3) is 0 Å². The highest BCUT2D eigenvalue weighted by Gasteiger charge is 2.59. The molecule has 6 atom stereocenters. The number of methoxy groups -OCH3 is 2. The summed E-state index contributed by atoms with van der Waals surface area (Å²) < 4.78 is 10.8. The molecule has 2 saturated carbocycles. The maximum absolute atomic E-state index is 12.5. The molecule has 0 heterocycles. The molecule has 0 aliphatic heterocycles. The maximum atomic E-state index is 12.5. The smallest absolute Gasteiger partial charge is 0.309 e. The Morgan fingerprint density at radius 2 is 1.97 bits per heavy atom. The number of fused-ring (bicyclic) bond motifs is 1. The topological polar surface area (TPSA) is 82.0 Å². The van der Waals surface area contributed by atoms with Crippen LogP contribution in [0.15, 0.2) is 16.8 Å². The van der Waals surface area contributed by atoms with Crippen molar-refractivity contribution in [1.82, 2.24) is 0 Å². The summed E-state index contributed by atoms with van der Waals surface area (Å²) in [4.78, 5) is 39.0. The highest BCUT2D eigenvalue weighted by atomic mass is 16.5. The number of aliphatic imine (C=N–C) groups is 1. The molecule has 0 unspecified atom stereocenters. The van der Waals surface area contributed by atoms with E-state index < -0.39 is 0 Å². The zero-order valence-electron chi connectivity index (χ0n) is 18.0. The lowest BCUT2D eigenvalue weighted by atomic mass is 9.51. The van der Waals surface area contributed by atoms with Gasteiger partial charge < -0.3 is 9.47 Å². The summed E-state index contributed by atoms with van der Waals surface area (Å²) in [5.74, 6) is 1.69. The number of ether oxygens (including phenoxy) is 2. The van der Waals surface area contributed by atoms with Crippen molar-refractivity contribution >= 4 is 17.8 Å². The third-order valence-electron chi connectivity index (χ3n) is 8.35. The standard InChI is InChI=1S/C23H33NO5/c1-22-11-8-18(23(2)10-7-15(26)13-20(23)28-3)16(9-12-24-14-25)17(22)5-6-19(22)21(27)29-4/h13,16-19H,5-12H2,1-4H3/t16-,17-,18-,19+,22-,23+/m0/s1. The van der Waals surface area contributed by atoms with Crippen molar-refractivity contribution in [3.63, 3.8) is 0 Å². The molecule has 0 N–H and O–H groups in total. The van der Waals surface area contributed by atoms with Crippen LogP contribution in [-0.4, -0.2) is 38.6 Å². The zero-order chi connectivity index (χ0) is 21.2. The first kappa shape index (κ1) is 21.8. The predicted octanol–water partition coefficient (Wildman–Crippen LogP) is 3.84. The summed E-state index contributed by atoms with van der Waals surface area (Å²) in [6, 6.07) is 0. The summed E-state index contributed by atoms with van der Waals surface area (Å²) in [5.41, 5.74) is -0.320. The molecule has 0 spiro atoms. The van der Waals surface area contributed by atoms with Crippen molar-refractivity contribution in [2.24, 2.45) is 39.5 Å². The minimum Gasteiger partial charge on any atom is -0.500 e. The van der Waals surface area contributed by atoms with Gasteiger partial charge in [0.25, 0.3) is 0 Å². The van der Waals surface area contributed by atoms with E-state index in [9.17, 15) is 14.4 Å². The number of hydrogen-bond donors (Lipinski definition) is 0. The van der Waals surface area contributed by atoms with Crippen LogP contribution < -0.4 is 0 Å². The maximum Gasteiger partial charge on any atom is 0.309 e. The molecule has 6 nitrogen and oxygen atoms in total. The predicted molar refractivity (Wildman–Crippen MR) is 108 cm³/mol. The number of nitrogens with zero attached hydrogens (tertiary/aromatic N) is 1. The Balaban J connectivity index is 1.96. The lowest BCUT2D eigenvalue weighted by Gasteiger charge is -2.54. The normalized spacial score (nSPS) is 39.2. The summed E-state index contributed by atoms with van der Waals surface area (Å²) in [6.07, 6.45) is 9.16. The number of esters is 1. The van der Waals surface area contributed by atoms with Crippen molar-refractivity contribution in [2.45, 2.75) is 58.8 Å². The second-order valence-corrected chi connectivity index (χ2v) is 9.43. The number of rotatable bonds is 6. The summed E-state index contributed by atoms with van der Waals surface area (Å²) in [6.45, 7) is 4.89. The minimum absolute atomic E-state index is 0.0753. The van der Waals surface area contributed by atoms with E-state index in [1.54, 1.807) is 19.3 Å². The van der Waals surface area contributed by atoms with E-state index in [0.29, 0.717) is 30.7 Å². The molecular weight excluding hydrogens is 370 g/mol. The number of ketones is 1. The fraction of sp³-hybridized carbons (Fsp3) is 0.783. The van der Waals surface area contributed by atoms with Gasteiger partial charge in [-0.3, -0.25) is 9.59 Å². The number of isocyanates is 1. The summed E-state index contributed by atoms with van der Waals surface area (Å²) in [7, 11) is 3.11. The lowest BCUT2D eigenvalue weighted by Crippen LogP contribution is -2.49. The molecule has 0 amide bonds. The van der Waals surface area contributed by atoms with E-state index in [4.69, 9.17) is 9.47 Å². The molecule has 160 valence electrons. The second-order valence-electron chi connectivity index (χ2n) is 9.43. The zero-order valence-corrected chi connectivity index (χ0v) is 18.0. The quantitative estimate of drug-likeness (QED) is 0.382. The molecule has 0 radical (unpaired) electrons. The molecule has 0 bridgehead atoms. The monoisotopic (exact) mass is 403 g/mol. The van der Waals surface area contributed by atoms with Gasteiger partial charge in [-0.25, -0.2) is 9.79 Å². The van der Waals surface area contributed by atoms with Crippen molar-refractivity contribution < 1.29 is 23.9 Å². The van der Waals surface area contributed by atoms with Crippen LogP contribution in [0.4, 0.5) is 0 Å². The largest absolute Gasteiger partial charge is 0.500 e. The highest BCUT2D eigenvalue weighted by Crippen LogP contribution is 2.64. The molecule has 0 aromatic rings. The number of hydrogen-bond acceptors (Lipinski definition) is 6. The molecule has 0 aromatic heterocycles. The second kappa shape index (κ2) is 8.43. The van der Waals surface area contributed by atoms with Gasteiger partial charge in [0.15, 0.2) is 5.78 Å². The fourth-order valence-corrected chi connectivity index (χ4v) is 6.82. The van der Waals surface area contributed by atoms with E-state index in [0.717, 1.165) is 44.3 Å². The van der Waals surface area contributed by atoms with E-state index in [1.165, 1.54) is 7.11 Å². The SMILES string of the molecule is COC(=O)[C@H]1CC[C@H]2[C@H](CCN=C=O)[C@@H]([C@@]3(C)CCC(=O)C=C3OC)CC[C@]12C. The summed E-state index contributed by atoms with van der Waals surface area (Å²) >= 11 is 0. The van der Waals surface area contributed by atoms with Gasteiger partial charge in [-0.2, -0.15) is 0 Å². The molecule has 3 rings (SSSR count). The molecule has 3 aliphatic carbocycles. The fourth-order valence-electron chi connectivity index (χ4n) is 6.82. The number of carbonyl (C=O) groups excluding carboxylic acids is 3. The molecule has 0 aromatic carbocycles. The molecule has 6 heteroatoms. The Bertz CT molecular complexity index is 740. The number of carbonyl (C=O) groups is 2. The van der Waals surface area contributed by atoms with Crippen LogP contribution in [0, 0.1) is 34.5 Å². The Kier molecular flexibility index (Phi) is 6.33. The van der Waals surface area contributed by atoms with Crippen LogP contribution in [0.1, 0.15) is 58.8 Å². The van der Waals surface area contributed by atoms with Gasteiger partial charge in [-0.15, -0.1) is 0 Å². The average Bonchev–Trinajstić information content (AvgIpc) is 3.06. The Labute approximate surface area is 173 Å². The van der Waals surface area contributed by atoms with Crippen LogP contribution in [0.5, 0.6) is 0 Å². The van der Waals surface area contributed by atoms with Crippen LogP contribution in [0.3, 0.4) is 0 Å². The van der Waals surface area contributed by atoms with Crippen molar-refractivity contribution in [1.29, 1.82) is 0 Å². The van der Waals surface area contributed by atoms with Crippen LogP contribution in [-0.2, 0) is 23.9 Å². The van der Waals surface area contributed by atoms with Gasteiger partial charge in [0, 0.05) is 17.9 Å². The van der Waals surface area contributed by atoms with Crippen LogP contribution >= 0.6 is 0 Å². The van der Waals surface area contributed by atoms with Gasteiger partial charge in [-0.05, 0) is 61.7 Å². The minimum atomic E-state index is -0.219. The van der Waals surface area contributed by atoms with Gasteiger partial charge >= 0.3 is 5.97 Å². The van der Waals surface area contributed by atoms with E-state index >= 15 is 0 Å². The third-order valence-corrected chi connectivity index (χ3v) is 8.35. The molecule has 0 saturated heterocycles. The van der Waals surface area contributed by atoms with Gasteiger partial charge in [0.05, 0.1) is 26.7 Å². The first-order chi connectivity index (χ1) is 13.8. The molecule has 29 heavy (non-hydrogen) atoms. The van der Waals surface area contributed by atoms with Gasteiger partial charge in [0.1, 0.15) is 5.76 Å². The molecule has 2 fully saturated rings. The van der Waals surface area contributed by atoms with Gasteiger partial charge in [-0.1, -0.05) is 13.8 Å². The Hall–Kier alpha value is -1.94.